The summed E-state index contributed by atoms with van der Waals surface area (Å²) < 4.78 is 0. The highest BCUT2D eigenvalue weighted by molar-refractivity contribution is 5.82. The van der Waals surface area contributed by atoms with Crippen LogP contribution in [0.5, 0.6) is 11.5 Å². The van der Waals surface area contributed by atoms with Gasteiger partial charge in [-0.3, -0.25) is 19.7 Å². The molecule has 7 nitrogen and oxygen atoms in total. The molecule has 0 aliphatic carbocycles. The number of carbonyl (C=O) groups excluding carboxylic acids is 2. The number of hydrogen-bond donors (Lipinski definition) is 2. The largest absolute Gasteiger partial charge is 0.507 e. The Hall–Kier alpha value is -3.22. The van der Waals surface area contributed by atoms with Crippen molar-refractivity contribution in [3.05, 3.63) is 62.7 Å². The fourth-order valence-electron chi connectivity index (χ4n) is 2.67. The van der Waals surface area contributed by atoms with Crippen LogP contribution in [0.4, 0.5) is 5.69 Å². The summed E-state index contributed by atoms with van der Waals surface area (Å²) in [4.78, 5) is 31.3. The van der Waals surface area contributed by atoms with Gasteiger partial charge in [0.1, 0.15) is 11.5 Å². The standard InChI is InChI=1S/C11H13NO4.C11H14O2/c1-11(2,3)9-5-8(12(15)16)4-7(6-13)10(9)14;1-11(2,3)9-6-4-5-8(7-12)10(9)13/h4-6,14H,1-3H3;4-7,13H,1-3H3. The molecule has 0 aliphatic rings. The Morgan fingerprint density at radius 2 is 1.31 bits per heavy atom. The van der Waals surface area contributed by atoms with Gasteiger partial charge < -0.3 is 10.2 Å². The molecule has 0 spiro atoms. The molecule has 156 valence electrons. The molecule has 7 heteroatoms. The minimum Gasteiger partial charge on any atom is -0.507 e. The molecule has 0 amide bonds. The summed E-state index contributed by atoms with van der Waals surface area (Å²) in [7, 11) is 0. The Bertz CT molecular complexity index is 920. The molecule has 0 fully saturated rings. The van der Waals surface area contributed by atoms with E-state index in [4.69, 9.17) is 0 Å². The van der Waals surface area contributed by atoms with Crippen molar-refractivity contribution in [2.75, 3.05) is 0 Å². The van der Waals surface area contributed by atoms with Crippen molar-refractivity contribution in [2.45, 2.75) is 52.4 Å². The first kappa shape index (κ1) is 23.8. The van der Waals surface area contributed by atoms with E-state index in [2.05, 4.69) is 0 Å². The fourth-order valence-corrected chi connectivity index (χ4v) is 2.67. The Morgan fingerprint density at radius 1 is 0.828 bits per heavy atom. The van der Waals surface area contributed by atoms with Crippen molar-refractivity contribution in [1.82, 2.24) is 0 Å². The molecular formula is C22H27NO6. The number of phenols is 2. The van der Waals surface area contributed by atoms with Gasteiger partial charge in [-0.1, -0.05) is 53.7 Å². The van der Waals surface area contributed by atoms with Crippen LogP contribution in [0.1, 0.15) is 73.4 Å². The van der Waals surface area contributed by atoms with Gasteiger partial charge in [0.05, 0.1) is 16.1 Å². The molecule has 29 heavy (non-hydrogen) atoms. The van der Waals surface area contributed by atoms with Gasteiger partial charge in [-0.25, -0.2) is 0 Å². The molecule has 0 saturated heterocycles. The number of aldehydes is 2. The molecular weight excluding hydrogens is 374 g/mol. The molecule has 2 aromatic rings. The van der Waals surface area contributed by atoms with E-state index in [-0.39, 0.29) is 28.2 Å². The van der Waals surface area contributed by atoms with Crippen molar-refractivity contribution >= 4 is 18.3 Å². The van der Waals surface area contributed by atoms with Crippen LogP contribution in [0.3, 0.4) is 0 Å². The Labute approximate surface area is 170 Å². The van der Waals surface area contributed by atoms with E-state index in [1.54, 1.807) is 32.9 Å². The third-order valence-corrected chi connectivity index (χ3v) is 4.27. The lowest BCUT2D eigenvalue weighted by Gasteiger charge is -2.20. The summed E-state index contributed by atoms with van der Waals surface area (Å²) in [5, 5.41) is 30.1. The monoisotopic (exact) mass is 401 g/mol. The van der Waals surface area contributed by atoms with Gasteiger partial charge in [-0.05, 0) is 22.5 Å². The van der Waals surface area contributed by atoms with Crippen molar-refractivity contribution in [3.8, 4) is 11.5 Å². The van der Waals surface area contributed by atoms with Crippen molar-refractivity contribution in [2.24, 2.45) is 0 Å². The first-order valence-electron chi connectivity index (χ1n) is 8.98. The van der Waals surface area contributed by atoms with Gasteiger partial charge in [0.25, 0.3) is 5.69 Å². The zero-order valence-electron chi connectivity index (χ0n) is 17.5. The van der Waals surface area contributed by atoms with Crippen LogP contribution in [0.2, 0.25) is 0 Å². The maximum atomic E-state index is 10.7. The Morgan fingerprint density at radius 3 is 1.72 bits per heavy atom. The number of benzene rings is 2. The summed E-state index contributed by atoms with van der Waals surface area (Å²) >= 11 is 0. The number of carbonyl (C=O) groups is 2. The number of hydrogen-bond acceptors (Lipinski definition) is 6. The average molecular weight is 401 g/mol. The van der Waals surface area contributed by atoms with Gasteiger partial charge in [-0.2, -0.15) is 0 Å². The topological polar surface area (TPSA) is 118 Å². The molecule has 2 N–H and O–H groups in total. The first-order valence-corrected chi connectivity index (χ1v) is 8.98. The third-order valence-electron chi connectivity index (χ3n) is 4.27. The SMILES string of the molecule is CC(C)(C)c1cc([N+](=O)[O-])cc(C=O)c1O.CC(C)(C)c1cccc(C=O)c1O. The van der Waals surface area contributed by atoms with E-state index in [0.717, 1.165) is 11.6 Å². The minimum atomic E-state index is -0.582. The van der Waals surface area contributed by atoms with Crippen LogP contribution >= 0.6 is 0 Å². The number of phenolic OH excluding ortho intramolecular Hbond substituents is 2. The smallest absolute Gasteiger partial charge is 0.270 e. The van der Waals surface area contributed by atoms with Crippen LogP contribution in [-0.4, -0.2) is 27.7 Å². The number of aromatic hydroxyl groups is 2. The second-order valence-electron chi connectivity index (χ2n) is 8.67. The molecule has 2 rings (SSSR count). The molecule has 0 bridgehead atoms. The van der Waals surface area contributed by atoms with E-state index in [0.29, 0.717) is 23.7 Å². The lowest BCUT2D eigenvalue weighted by Crippen LogP contribution is -2.12. The van der Waals surface area contributed by atoms with Crippen molar-refractivity contribution in [3.63, 3.8) is 0 Å². The third kappa shape index (κ3) is 5.88. The van der Waals surface area contributed by atoms with Crippen LogP contribution in [0, 0.1) is 10.1 Å². The van der Waals surface area contributed by atoms with Gasteiger partial charge in [0.2, 0.25) is 0 Å². The molecule has 0 radical (unpaired) electrons. The highest BCUT2D eigenvalue weighted by atomic mass is 16.6. The van der Waals surface area contributed by atoms with Gasteiger partial charge in [0.15, 0.2) is 12.6 Å². The maximum Gasteiger partial charge on any atom is 0.270 e. The van der Waals surface area contributed by atoms with Crippen LogP contribution in [-0.2, 0) is 10.8 Å². The number of non-ortho nitro benzene ring substituents is 1. The van der Waals surface area contributed by atoms with Crippen LogP contribution in [0.15, 0.2) is 30.3 Å². The molecule has 0 atom stereocenters. The number of nitro benzene ring substituents is 1. The molecule has 0 aromatic heterocycles. The Kier molecular flexibility index (Phi) is 7.27. The zero-order chi connectivity index (χ0) is 22.6. The molecule has 0 heterocycles. The fraction of sp³-hybridized carbons (Fsp3) is 0.364. The summed E-state index contributed by atoms with van der Waals surface area (Å²) in [5.41, 5.74) is 0.703. The molecule has 0 aliphatic heterocycles. The average Bonchev–Trinajstić information content (AvgIpc) is 2.60. The van der Waals surface area contributed by atoms with E-state index < -0.39 is 10.3 Å². The highest BCUT2D eigenvalue weighted by Crippen LogP contribution is 2.36. The molecule has 0 saturated carbocycles. The lowest BCUT2D eigenvalue weighted by molar-refractivity contribution is -0.385. The summed E-state index contributed by atoms with van der Waals surface area (Å²) in [6.07, 6.45) is 1.09. The van der Waals surface area contributed by atoms with Gasteiger partial charge in [-0.15, -0.1) is 0 Å². The number of rotatable bonds is 3. The summed E-state index contributed by atoms with van der Waals surface area (Å²) in [6, 6.07) is 7.59. The second kappa shape index (κ2) is 8.86. The molecule has 2 aromatic carbocycles. The van der Waals surface area contributed by atoms with E-state index in [1.807, 2.05) is 26.8 Å². The van der Waals surface area contributed by atoms with E-state index in [9.17, 15) is 29.9 Å². The van der Waals surface area contributed by atoms with Crippen molar-refractivity contribution in [1.29, 1.82) is 0 Å². The minimum absolute atomic E-state index is 0.0564. The maximum absolute atomic E-state index is 10.7. The zero-order valence-corrected chi connectivity index (χ0v) is 17.5. The van der Waals surface area contributed by atoms with Gasteiger partial charge >= 0.3 is 0 Å². The number of nitrogens with zero attached hydrogens (tertiary/aromatic N) is 1. The normalized spacial score (nSPS) is 11.2. The lowest BCUT2D eigenvalue weighted by atomic mass is 9.85. The highest BCUT2D eigenvalue weighted by Gasteiger charge is 2.24. The van der Waals surface area contributed by atoms with E-state index in [1.165, 1.54) is 6.07 Å². The van der Waals surface area contributed by atoms with Crippen molar-refractivity contribution < 1.29 is 24.7 Å². The van der Waals surface area contributed by atoms with E-state index >= 15 is 0 Å². The van der Waals surface area contributed by atoms with Crippen LogP contribution in [0.25, 0.3) is 0 Å². The van der Waals surface area contributed by atoms with Gasteiger partial charge in [0, 0.05) is 17.7 Å². The predicted molar refractivity (Wildman–Crippen MR) is 111 cm³/mol. The van der Waals surface area contributed by atoms with Crippen LogP contribution < -0.4 is 0 Å². The Balaban J connectivity index is 0.000000296. The second-order valence-corrected chi connectivity index (χ2v) is 8.67. The number of nitro groups is 1. The quantitative estimate of drug-likeness (QED) is 0.428. The molecule has 0 unspecified atom stereocenters. The number of para-hydroxylation sites is 1. The predicted octanol–water partition coefficient (Wildman–Crippen LogP) is 4.91. The first-order chi connectivity index (χ1) is 13.2. The summed E-state index contributed by atoms with van der Waals surface area (Å²) in [6.45, 7) is 11.4. The summed E-state index contributed by atoms with van der Waals surface area (Å²) in [5.74, 6) is -0.0851.